The van der Waals surface area contributed by atoms with Gasteiger partial charge in [0.25, 0.3) is 0 Å². The zero-order valence-electron chi connectivity index (χ0n) is 13.9. The number of hydrogen-bond acceptors (Lipinski definition) is 3. The molecule has 128 valence electrons. The Bertz CT molecular complexity index is 381. The molecule has 0 saturated heterocycles. The molecule has 1 rings (SSSR count). The molecule has 6 nitrogen and oxygen atoms in total. The molecule has 22 heavy (non-hydrogen) atoms. The SMILES string of the molecule is CCNC(=NCCCOCC(C)C)NCCn1cccn1.I. The molecule has 7 heteroatoms. The van der Waals surface area contributed by atoms with E-state index in [-0.39, 0.29) is 24.0 Å². The Morgan fingerprint density at radius 3 is 2.82 bits per heavy atom. The van der Waals surface area contributed by atoms with Crippen LogP contribution in [0, 0.1) is 5.92 Å². The number of aromatic nitrogens is 2. The third-order valence-electron chi connectivity index (χ3n) is 2.70. The first-order chi connectivity index (χ1) is 10.2. The summed E-state index contributed by atoms with van der Waals surface area (Å²) >= 11 is 0. The van der Waals surface area contributed by atoms with Crippen LogP contribution in [-0.4, -0.2) is 48.6 Å². The highest BCUT2D eigenvalue weighted by molar-refractivity contribution is 14.0. The van der Waals surface area contributed by atoms with Crippen LogP contribution >= 0.6 is 24.0 Å². The Balaban J connectivity index is 0.00000441. The summed E-state index contributed by atoms with van der Waals surface area (Å²) in [6.07, 6.45) is 4.69. The van der Waals surface area contributed by atoms with Crippen molar-refractivity contribution in [3.63, 3.8) is 0 Å². The first-order valence-corrected chi connectivity index (χ1v) is 7.79. The number of nitrogens with zero attached hydrogens (tertiary/aromatic N) is 3. The molecule has 0 bridgehead atoms. The average Bonchev–Trinajstić information content (AvgIpc) is 2.95. The zero-order chi connectivity index (χ0) is 15.3. The summed E-state index contributed by atoms with van der Waals surface area (Å²) in [5.41, 5.74) is 0. The van der Waals surface area contributed by atoms with Gasteiger partial charge in [0.2, 0.25) is 0 Å². The second kappa shape index (κ2) is 13.8. The van der Waals surface area contributed by atoms with Gasteiger partial charge in [0.05, 0.1) is 6.54 Å². The molecule has 0 amide bonds. The zero-order valence-corrected chi connectivity index (χ0v) is 16.2. The van der Waals surface area contributed by atoms with Gasteiger partial charge in [0.15, 0.2) is 5.96 Å². The third-order valence-corrected chi connectivity index (χ3v) is 2.70. The number of aliphatic imine (C=N–C) groups is 1. The summed E-state index contributed by atoms with van der Waals surface area (Å²) in [5, 5.41) is 10.7. The van der Waals surface area contributed by atoms with Crippen LogP contribution in [0.15, 0.2) is 23.5 Å². The monoisotopic (exact) mass is 423 g/mol. The van der Waals surface area contributed by atoms with E-state index in [9.17, 15) is 0 Å². The maximum Gasteiger partial charge on any atom is 0.191 e. The van der Waals surface area contributed by atoms with E-state index in [4.69, 9.17) is 4.74 Å². The standard InChI is InChI=1S/C15H29N5O.HI/c1-4-16-15(17-7-6-12-21-13-14(2)3)18-9-11-20-10-5-8-19-20;/h5,8,10,14H,4,6-7,9,11-13H2,1-3H3,(H2,16,17,18);1H. The minimum absolute atomic E-state index is 0. The fourth-order valence-corrected chi connectivity index (χ4v) is 1.74. The van der Waals surface area contributed by atoms with E-state index in [1.165, 1.54) is 0 Å². The maximum absolute atomic E-state index is 5.55. The smallest absolute Gasteiger partial charge is 0.191 e. The summed E-state index contributed by atoms with van der Waals surface area (Å²) in [4.78, 5) is 4.53. The van der Waals surface area contributed by atoms with Gasteiger partial charge in [-0.2, -0.15) is 5.10 Å². The molecule has 0 radical (unpaired) electrons. The van der Waals surface area contributed by atoms with Crippen LogP contribution in [0.5, 0.6) is 0 Å². The van der Waals surface area contributed by atoms with E-state index in [0.29, 0.717) is 5.92 Å². The fourth-order valence-electron chi connectivity index (χ4n) is 1.74. The predicted octanol–water partition coefficient (Wildman–Crippen LogP) is 2.12. The van der Waals surface area contributed by atoms with E-state index in [1.807, 2.05) is 16.9 Å². The maximum atomic E-state index is 5.55. The summed E-state index contributed by atoms with van der Waals surface area (Å²) in [6, 6.07) is 1.93. The lowest BCUT2D eigenvalue weighted by molar-refractivity contribution is 0.109. The molecule has 0 atom stereocenters. The molecule has 0 aromatic carbocycles. The molecular weight excluding hydrogens is 393 g/mol. The van der Waals surface area contributed by atoms with Gasteiger partial charge in [0.1, 0.15) is 0 Å². The second-order valence-electron chi connectivity index (χ2n) is 5.28. The Labute approximate surface area is 151 Å². The number of halogens is 1. The largest absolute Gasteiger partial charge is 0.381 e. The lowest BCUT2D eigenvalue weighted by atomic mass is 10.2. The van der Waals surface area contributed by atoms with Crippen molar-refractivity contribution >= 4 is 29.9 Å². The predicted molar refractivity (Wildman–Crippen MR) is 102 cm³/mol. The van der Waals surface area contributed by atoms with Crippen molar-refractivity contribution in [3.05, 3.63) is 18.5 Å². The van der Waals surface area contributed by atoms with Gasteiger partial charge in [-0.15, -0.1) is 24.0 Å². The van der Waals surface area contributed by atoms with E-state index in [1.54, 1.807) is 6.20 Å². The molecular formula is C15H30IN5O. The first kappa shape index (κ1) is 21.2. The van der Waals surface area contributed by atoms with Crippen molar-refractivity contribution in [2.75, 3.05) is 32.8 Å². The molecule has 1 aromatic heterocycles. The van der Waals surface area contributed by atoms with Crippen LogP contribution in [0.25, 0.3) is 0 Å². The summed E-state index contributed by atoms with van der Waals surface area (Å²) in [5.74, 6) is 1.45. The Morgan fingerprint density at radius 2 is 2.18 bits per heavy atom. The number of guanidine groups is 1. The molecule has 0 unspecified atom stereocenters. The Kier molecular flexibility index (Phi) is 13.3. The molecule has 0 aliphatic rings. The van der Waals surface area contributed by atoms with E-state index in [2.05, 4.69) is 41.5 Å². The minimum atomic E-state index is 0. The highest BCUT2D eigenvalue weighted by Crippen LogP contribution is 1.93. The molecule has 1 aromatic rings. The minimum Gasteiger partial charge on any atom is -0.381 e. The number of hydrogen-bond donors (Lipinski definition) is 2. The van der Waals surface area contributed by atoms with Crippen LogP contribution in [0.2, 0.25) is 0 Å². The van der Waals surface area contributed by atoms with Crippen LogP contribution in [-0.2, 0) is 11.3 Å². The second-order valence-corrected chi connectivity index (χ2v) is 5.28. The lowest BCUT2D eigenvalue weighted by Gasteiger charge is -2.11. The van der Waals surface area contributed by atoms with Gasteiger partial charge < -0.3 is 15.4 Å². The molecule has 0 aliphatic carbocycles. The number of ether oxygens (including phenoxy) is 1. The van der Waals surface area contributed by atoms with Crippen molar-refractivity contribution in [1.82, 2.24) is 20.4 Å². The average molecular weight is 423 g/mol. The van der Waals surface area contributed by atoms with E-state index >= 15 is 0 Å². The van der Waals surface area contributed by atoms with Crippen LogP contribution < -0.4 is 10.6 Å². The lowest BCUT2D eigenvalue weighted by Crippen LogP contribution is -2.39. The van der Waals surface area contributed by atoms with E-state index in [0.717, 1.165) is 51.8 Å². The van der Waals surface area contributed by atoms with Gasteiger partial charge in [-0.25, -0.2) is 0 Å². The molecule has 0 saturated carbocycles. The van der Waals surface area contributed by atoms with Crippen molar-refractivity contribution in [2.45, 2.75) is 33.7 Å². The fraction of sp³-hybridized carbons (Fsp3) is 0.733. The summed E-state index contributed by atoms with van der Waals surface area (Å²) < 4.78 is 7.44. The van der Waals surface area contributed by atoms with Crippen LogP contribution in [0.1, 0.15) is 27.2 Å². The van der Waals surface area contributed by atoms with Gasteiger partial charge in [-0.3, -0.25) is 9.67 Å². The Morgan fingerprint density at radius 1 is 1.36 bits per heavy atom. The Hall–Kier alpha value is -0.830. The van der Waals surface area contributed by atoms with Crippen molar-refractivity contribution < 1.29 is 4.74 Å². The highest BCUT2D eigenvalue weighted by Gasteiger charge is 1.98. The van der Waals surface area contributed by atoms with Gasteiger partial charge in [-0.05, 0) is 25.3 Å². The van der Waals surface area contributed by atoms with Gasteiger partial charge in [-0.1, -0.05) is 13.8 Å². The van der Waals surface area contributed by atoms with Crippen molar-refractivity contribution in [1.29, 1.82) is 0 Å². The first-order valence-electron chi connectivity index (χ1n) is 7.79. The highest BCUT2D eigenvalue weighted by atomic mass is 127. The number of rotatable bonds is 10. The quantitative estimate of drug-likeness (QED) is 0.262. The van der Waals surface area contributed by atoms with Crippen LogP contribution in [0.3, 0.4) is 0 Å². The normalized spacial score (nSPS) is 11.4. The third kappa shape index (κ3) is 10.8. The number of nitrogens with one attached hydrogen (secondary N) is 2. The molecule has 0 aliphatic heterocycles. The molecule has 0 fully saturated rings. The van der Waals surface area contributed by atoms with Gasteiger partial charge >= 0.3 is 0 Å². The molecule has 1 heterocycles. The molecule has 2 N–H and O–H groups in total. The summed E-state index contributed by atoms with van der Waals surface area (Å²) in [6.45, 7) is 11.2. The summed E-state index contributed by atoms with van der Waals surface area (Å²) in [7, 11) is 0. The molecule has 0 spiro atoms. The topological polar surface area (TPSA) is 63.5 Å². The van der Waals surface area contributed by atoms with Gasteiger partial charge in [0, 0.05) is 45.2 Å². The van der Waals surface area contributed by atoms with E-state index < -0.39 is 0 Å². The van der Waals surface area contributed by atoms with Crippen molar-refractivity contribution in [2.24, 2.45) is 10.9 Å². The van der Waals surface area contributed by atoms with Crippen LogP contribution in [0.4, 0.5) is 0 Å². The van der Waals surface area contributed by atoms with Crippen molar-refractivity contribution in [3.8, 4) is 0 Å².